The number of fused-ring (bicyclic) bond motifs is 2. The molecule has 1 aromatic carbocycles. The summed E-state index contributed by atoms with van der Waals surface area (Å²) in [6.07, 6.45) is 5.11. The van der Waals surface area contributed by atoms with Gasteiger partial charge in [-0.3, -0.25) is 19.2 Å². The van der Waals surface area contributed by atoms with Crippen molar-refractivity contribution in [2.75, 3.05) is 13.7 Å². The SMILES string of the molecule is CCOc1ccnc2[nH]c(=O)n(-c3ccc4ncc(-c5ccnn5C)c(OC)c4c3)c12. The van der Waals surface area contributed by atoms with Crippen LogP contribution in [0.15, 0.2) is 53.7 Å². The Balaban J connectivity index is 1.79. The molecular formula is C22H20N6O3. The lowest BCUT2D eigenvalue weighted by Crippen LogP contribution is -2.15. The van der Waals surface area contributed by atoms with E-state index < -0.39 is 0 Å². The number of aromatic nitrogens is 6. The van der Waals surface area contributed by atoms with E-state index in [4.69, 9.17) is 9.47 Å². The van der Waals surface area contributed by atoms with Gasteiger partial charge in [-0.2, -0.15) is 5.10 Å². The summed E-state index contributed by atoms with van der Waals surface area (Å²) in [5.74, 6) is 1.24. The summed E-state index contributed by atoms with van der Waals surface area (Å²) < 4.78 is 14.8. The second kappa shape index (κ2) is 7.28. The van der Waals surface area contributed by atoms with Crippen LogP contribution in [-0.4, -0.2) is 43.0 Å². The molecule has 0 saturated heterocycles. The molecule has 5 rings (SSSR count). The Bertz CT molecular complexity index is 1480. The number of methoxy groups -OCH3 is 1. The molecule has 156 valence electrons. The number of H-pyrrole nitrogens is 1. The summed E-state index contributed by atoms with van der Waals surface area (Å²) in [5.41, 5.74) is 3.85. The van der Waals surface area contributed by atoms with Crippen molar-refractivity contribution in [1.29, 1.82) is 0 Å². The van der Waals surface area contributed by atoms with E-state index in [1.807, 2.05) is 38.2 Å². The zero-order valence-electron chi connectivity index (χ0n) is 17.3. The van der Waals surface area contributed by atoms with Crippen molar-refractivity contribution in [1.82, 2.24) is 29.3 Å². The third-order valence-corrected chi connectivity index (χ3v) is 5.20. The molecule has 4 aromatic heterocycles. The number of ether oxygens (including phenoxy) is 2. The first-order chi connectivity index (χ1) is 15.1. The molecule has 0 radical (unpaired) electrons. The van der Waals surface area contributed by atoms with E-state index in [9.17, 15) is 4.79 Å². The Morgan fingerprint density at radius 1 is 1.13 bits per heavy atom. The number of imidazole rings is 1. The number of hydrogen-bond donors (Lipinski definition) is 1. The van der Waals surface area contributed by atoms with Gasteiger partial charge in [0, 0.05) is 37.1 Å². The predicted molar refractivity (Wildman–Crippen MR) is 117 cm³/mol. The van der Waals surface area contributed by atoms with Gasteiger partial charge >= 0.3 is 5.69 Å². The summed E-state index contributed by atoms with van der Waals surface area (Å²) in [6.45, 7) is 2.37. The lowest BCUT2D eigenvalue weighted by atomic mass is 10.1. The van der Waals surface area contributed by atoms with Gasteiger partial charge in [-0.25, -0.2) is 9.78 Å². The average Bonchev–Trinajstić information content (AvgIpc) is 3.35. The van der Waals surface area contributed by atoms with Crippen LogP contribution in [-0.2, 0) is 7.05 Å². The number of aromatic amines is 1. The Hall–Kier alpha value is -4.14. The molecule has 0 unspecified atom stereocenters. The highest BCUT2D eigenvalue weighted by Gasteiger charge is 2.18. The van der Waals surface area contributed by atoms with Crippen LogP contribution in [0.5, 0.6) is 11.5 Å². The largest absolute Gasteiger partial charge is 0.495 e. The van der Waals surface area contributed by atoms with Crippen LogP contribution in [0.3, 0.4) is 0 Å². The molecule has 4 heterocycles. The number of nitrogens with one attached hydrogen (secondary N) is 1. The second-order valence-electron chi connectivity index (χ2n) is 6.95. The normalized spacial score (nSPS) is 11.3. The maximum absolute atomic E-state index is 12.8. The van der Waals surface area contributed by atoms with Crippen LogP contribution in [0.4, 0.5) is 0 Å². The number of pyridine rings is 2. The average molecular weight is 416 g/mol. The highest BCUT2D eigenvalue weighted by Crippen LogP contribution is 2.36. The minimum Gasteiger partial charge on any atom is -0.495 e. The van der Waals surface area contributed by atoms with Crippen LogP contribution in [0.1, 0.15) is 6.92 Å². The van der Waals surface area contributed by atoms with Crippen molar-refractivity contribution < 1.29 is 9.47 Å². The van der Waals surface area contributed by atoms with Gasteiger partial charge in [-0.1, -0.05) is 0 Å². The lowest BCUT2D eigenvalue weighted by Gasteiger charge is -2.13. The van der Waals surface area contributed by atoms with Gasteiger partial charge in [0.1, 0.15) is 17.0 Å². The van der Waals surface area contributed by atoms with Gasteiger partial charge in [0.25, 0.3) is 0 Å². The molecule has 0 saturated carbocycles. The van der Waals surface area contributed by atoms with Crippen molar-refractivity contribution in [3.63, 3.8) is 0 Å². The maximum Gasteiger partial charge on any atom is 0.332 e. The number of benzene rings is 1. The van der Waals surface area contributed by atoms with Crippen LogP contribution in [0, 0.1) is 0 Å². The second-order valence-corrected chi connectivity index (χ2v) is 6.95. The van der Waals surface area contributed by atoms with E-state index in [0.29, 0.717) is 35.0 Å². The fraction of sp³-hybridized carbons (Fsp3) is 0.182. The molecule has 0 bridgehead atoms. The first kappa shape index (κ1) is 18.9. The fourth-order valence-electron chi connectivity index (χ4n) is 3.86. The molecule has 5 aromatic rings. The summed E-state index contributed by atoms with van der Waals surface area (Å²) in [4.78, 5) is 24.5. The molecule has 9 nitrogen and oxygen atoms in total. The Morgan fingerprint density at radius 2 is 2.00 bits per heavy atom. The van der Waals surface area contributed by atoms with E-state index >= 15 is 0 Å². The molecule has 0 spiro atoms. The third kappa shape index (κ3) is 2.93. The van der Waals surface area contributed by atoms with Crippen molar-refractivity contribution in [3.05, 3.63) is 59.4 Å². The van der Waals surface area contributed by atoms with Crippen LogP contribution >= 0.6 is 0 Å². The summed E-state index contributed by atoms with van der Waals surface area (Å²) in [6, 6.07) is 9.25. The first-order valence-electron chi connectivity index (χ1n) is 9.80. The van der Waals surface area contributed by atoms with Gasteiger partial charge in [0.2, 0.25) is 0 Å². The van der Waals surface area contributed by atoms with Crippen LogP contribution in [0.2, 0.25) is 0 Å². The van der Waals surface area contributed by atoms with Crippen LogP contribution < -0.4 is 15.2 Å². The number of rotatable bonds is 5. The van der Waals surface area contributed by atoms with E-state index in [0.717, 1.165) is 22.2 Å². The topological polar surface area (TPSA) is 99.9 Å². The third-order valence-electron chi connectivity index (χ3n) is 5.20. The van der Waals surface area contributed by atoms with E-state index in [1.54, 1.807) is 41.0 Å². The Kier molecular flexibility index (Phi) is 4.43. The van der Waals surface area contributed by atoms with Gasteiger partial charge in [0.15, 0.2) is 5.65 Å². The Labute approximate surface area is 176 Å². The van der Waals surface area contributed by atoms with Gasteiger partial charge in [0.05, 0.1) is 36.2 Å². The van der Waals surface area contributed by atoms with Gasteiger partial charge in [-0.05, 0) is 31.2 Å². The summed E-state index contributed by atoms with van der Waals surface area (Å²) in [5, 5.41) is 5.02. The number of hydrogen-bond acceptors (Lipinski definition) is 6. The summed E-state index contributed by atoms with van der Waals surface area (Å²) in [7, 11) is 3.49. The first-order valence-corrected chi connectivity index (χ1v) is 9.80. The number of aryl methyl sites for hydroxylation is 1. The monoisotopic (exact) mass is 416 g/mol. The van der Waals surface area contributed by atoms with Gasteiger partial charge in [-0.15, -0.1) is 0 Å². The summed E-state index contributed by atoms with van der Waals surface area (Å²) >= 11 is 0. The smallest absolute Gasteiger partial charge is 0.332 e. The minimum atomic E-state index is -0.302. The highest BCUT2D eigenvalue weighted by atomic mass is 16.5. The molecule has 0 amide bonds. The van der Waals surface area contributed by atoms with Crippen molar-refractivity contribution in [3.8, 4) is 28.4 Å². The molecule has 0 aliphatic carbocycles. The van der Waals surface area contributed by atoms with E-state index in [-0.39, 0.29) is 5.69 Å². The predicted octanol–water partition coefficient (Wildman–Crippen LogP) is 3.07. The quantitative estimate of drug-likeness (QED) is 0.473. The zero-order valence-corrected chi connectivity index (χ0v) is 17.3. The lowest BCUT2D eigenvalue weighted by molar-refractivity contribution is 0.343. The Morgan fingerprint density at radius 3 is 2.74 bits per heavy atom. The highest BCUT2D eigenvalue weighted by molar-refractivity contribution is 5.93. The minimum absolute atomic E-state index is 0.302. The molecule has 0 aliphatic rings. The number of nitrogens with zero attached hydrogens (tertiary/aromatic N) is 5. The van der Waals surface area contributed by atoms with E-state index in [2.05, 4.69) is 20.1 Å². The molecule has 0 aliphatic heterocycles. The van der Waals surface area contributed by atoms with E-state index in [1.165, 1.54) is 0 Å². The van der Waals surface area contributed by atoms with Crippen molar-refractivity contribution >= 4 is 22.1 Å². The van der Waals surface area contributed by atoms with Crippen molar-refractivity contribution in [2.24, 2.45) is 7.05 Å². The maximum atomic E-state index is 12.8. The molecule has 9 heteroatoms. The van der Waals surface area contributed by atoms with Crippen LogP contribution in [0.25, 0.3) is 39.0 Å². The van der Waals surface area contributed by atoms with Gasteiger partial charge < -0.3 is 9.47 Å². The fourth-order valence-corrected chi connectivity index (χ4v) is 3.86. The standard InChI is InChI=1S/C22H20N6O3/c1-4-31-18-8-9-23-21-19(18)28(22(29)26-21)13-5-6-16-14(11-13)20(30-3)15(12-24-16)17-7-10-25-27(17)2/h5-12H,4H2,1-3H3,(H,23,26,29). The molecule has 31 heavy (non-hydrogen) atoms. The molecule has 0 atom stereocenters. The molecule has 0 fully saturated rings. The molecular weight excluding hydrogens is 396 g/mol. The molecule has 1 N–H and O–H groups in total. The van der Waals surface area contributed by atoms with Crippen molar-refractivity contribution in [2.45, 2.75) is 6.92 Å². The zero-order chi connectivity index (χ0) is 21.5.